The van der Waals surface area contributed by atoms with E-state index in [-0.39, 0.29) is 5.56 Å². The number of hydrogen-bond donors (Lipinski definition) is 0. The monoisotopic (exact) mass is 265 g/mol. The molecule has 1 aromatic carbocycles. The summed E-state index contributed by atoms with van der Waals surface area (Å²) in [6.07, 6.45) is -4.59. The zero-order valence-corrected chi connectivity index (χ0v) is 9.55. The number of rotatable bonds is 3. The van der Waals surface area contributed by atoms with Crippen LogP contribution in [0.2, 0.25) is 5.02 Å². The van der Waals surface area contributed by atoms with E-state index in [1.54, 1.807) is 0 Å². The number of carboxylic acids is 1. The van der Waals surface area contributed by atoms with Crippen molar-refractivity contribution in [2.24, 2.45) is 5.92 Å². The van der Waals surface area contributed by atoms with Gasteiger partial charge >= 0.3 is 6.18 Å². The highest BCUT2D eigenvalue weighted by molar-refractivity contribution is 6.30. The summed E-state index contributed by atoms with van der Waals surface area (Å²) in [6.45, 7) is 0.815. The van der Waals surface area contributed by atoms with E-state index in [1.807, 2.05) is 0 Å². The van der Waals surface area contributed by atoms with Crippen LogP contribution in [0.15, 0.2) is 24.3 Å². The summed E-state index contributed by atoms with van der Waals surface area (Å²) < 4.78 is 37.5. The Hall–Kier alpha value is -1.23. The molecule has 1 aromatic rings. The van der Waals surface area contributed by atoms with Gasteiger partial charge in [0.1, 0.15) is 0 Å². The number of aliphatic carboxylic acids is 1. The fourth-order valence-corrected chi connectivity index (χ4v) is 1.61. The molecule has 0 spiro atoms. The SMILES string of the molecule is C[C@H]([C@H](C(=O)[O-])c1ccc(Cl)cc1)C(F)(F)F. The van der Waals surface area contributed by atoms with Crippen LogP contribution in [0, 0.1) is 5.92 Å². The van der Waals surface area contributed by atoms with Crippen LogP contribution in [0.25, 0.3) is 0 Å². The Morgan fingerprint density at radius 2 is 1.76 bits per heavy atom. The molecule has 0 aliphatic rings. The van der Waals surface area contributed by atoms with Crippen LogP contribution in [0.3, 0.4) is 0 Å². The predicted molar refractivity (Wildman–Crippen MR) is 54.4 cm³/mol. The van der Waals surface area contributed by atoms with Gasteiger partial charge in [-0.05, 0) is 17.7 Å². The molecule has 6 heteroatoms. The molecule has 94 valence electrons. The van der Waals surface area contributed by atoms with Crippen LogP contribution in [-0.2, 0) is 4.79 Å². The molecule has 0 unspecified atom stereocenters. The van der Waals surface area contributed by atoms with Gasteiger partial charge in [0.05, 0.1) is 5.92 Å². The van der Waals surface area contributed by atoms with Crippen molar-refractivity contribution in [3.63, 3.8) is 0 Å². The van der Waals surface area contributed by atoms with Crippen LogP contribution in [0.5, 0.6) is 0 Å². The molecule has 0 amide bonds. The first kappa shape index (κ1) is 13.8. The van der Waals surface area contributed by atoms with Gasteiger partial charge in [0.25, 0.3) is 0 Å². The number of halogens is 4. The van der Waals surface area contributed by atoms with E-state index in [0.717, 1.165) is 6.92 Å². The molecule has 0 N–H and O–H groups in total. The van der Waals surface area contributed by atoms with Crippen molar-refractivity contribution in [3.05, 3.63) is 34.9 Å². The van der Waals surface area contributed by atoms with Crippen molar-refractivity contribution in [2.45, 2.75) is 19.0 Å². The number of alkyl halides is 3. The van der Waals surface area contributed by atoms with Gasteiger partial charge in [-0.3, -0.25) is 0 Å². The van der Waals surface area contributed by atoms with Gasteiger partial charge < -0.3 is 9.90 Å². The van der Waals surface area contributed by atoms with Crippen molar-refractivity contribution in [3.8, 4) is 0 Å². The fourth-order valence-electron chi connectivity index (χ4n) is 1.49. The summed E-state index contributed by atoms with van der Waals surface area (Å²) in [4.78, 5) is 10.8. The Bertz CT molecular complexity index is 400. The Balaban J connectivity index is 3.10. The van der Waals surface area contributed by atoms with Gasteiger partial charge in [-0.15, -0.1) is 0 Å². The summed E-state index contributed by atoms with van der Waals surface area (Å²) in [6, 6.07) is 5.20. The van der Waals surface area contributed by atoms with Gasteiger partial charge in [0, 0.05) is 16.9 Å². The molecular formula is C11H9ClF3O2-. The molecule has 0 aliphatic carbocycles. The number of benzene rings is 1. The third-order valence-corrected chi connectivity index (χ3v) is 2.75. The van der Waals surface area contributed by atoms with Crippen molar-refractivity contribution < 1.29 is 23.1 Å². The third kappa shape index (κ3) is 3.36. The van der Waals surface area contributed by atoms with E-state index >= 15 is 0 Å². The highest BCUT2D eigenvalue weighted by Gasteiger charge is 2.42. The molecule has 0 fully saturated rings. The standard InChI is InChI=1S/C11H10ClF3O2/c1-6(11(13,14)15)9(10(16)17)7-2-4-8(12)5-3-7/h2-6,9H,1H3,(H,16,17)/p-1/t6-,9+/m1/s1. The Morgan fingerprint density at radius 3 is 2.12 bits per heavy atom. The van der Waals surface area contributed by atoms with Gasteiger partial charge in [0.15, 0.2) is 0 Å². The topological polar surface area (TPSA) is 40.1 Å². The van der Waals surface area contributed by atoms with Gasteiger partial charge in [-0.2, -0.15) is 13.2 Å². The molecule has 0 heterocycles. The zero-order valence-electron chi connectivity index (χ0n) is 8.79. The quantitative estimate of drug-likeness (QED) is 0.842. The average molecular weight is 266 g/mol. The summed E-state index contributed by atoms with van der Waals surface area (Å²) in [7, 11) is 0. The van der Waals surface area contributed by atoms with E-state index in [0.29, 0.717) is 5.02 Å². The Labute approximate surface area is 101 Å². The second-order valence-corrected chi connectivity index (χ2v) is 4.11. The van der Waals surface area contributed by atoms with Crippen molar-refractivity contribution >= 4 is 17.6 Å². The first-order valence-corrected chi connectivity index (χ1v) is 5.14. The van der Waals surface area contributed by atoms with Gasteiger partial charge in [-0.1, -0.05) is 30.7 Å². The second-order valence-electron chi connectivity index (χ2n) is 3.68. The molecule has 1 rings (SSSR count). The first-order chi connectivity index (χ1) is 7.73. The minimum atomic E-state index is -4.59. The molecule has 0 radical (unpaired) electrons. The number of carboxylic acid groups (broad SMARTS) is 1. The molecule has 17 heavy (non-hydrogen) atoms. The smallest absolute Gasteiger partial charge is 0.392 e. The second kappa shape index (κ2) is 4.96. The molecule has 0 saturated carbocycles. The number of hydrogen-bond acceptors (Lipinski definition) is 2. The van der Waals surface area contributed by atoms with E-state index in [2.05, 4.69) is 0 Å². The average Bonchev–Trinajstić information content (AvgIpc) is 2.19. The van der Waals surface area contributed by atoms with Crippen molar-refractivity contribution in [1.29, 1.82) is 0 Å². The minimum Gasteiger partial charge on any atom is -0.549 e. The summed E-state index contributed by atoms with van der Waals surface area (Å²) in [5.41, 5.74) is 0.0271. The molecule has 2 nitrogen and oxygen atoms in total. The molecule has 0 saturated heterocycles. The Kier molecular flexibility index (Phi) is 4.03. The Morgan fingerprint density at radius 1 is 1.29 bits per heavy atom. The van der Waals surface area contributed by atoms with Crippen LogP contribution in [0.1, 0.15) is 18.4 Å². The van der Waals surface area contributed by atoms with Gasteiger partial charge in [-0.25, -0.2) is 0 Å². The number of carbonyl (C=O) groups excluding carboxylic acids is 1. The predicted octanol–water partition coefficient (Wildman–Crippen LogP) is 2.37. The lowest BCUT2D eigenvalue weighted by Crippen LogP contribution is -2.38. The first-order valence-electron chi connectivity index (χ1n) is 4.76. The lowest BCUT2D eigenvalue weighted by molar-refractivity contribution is -0.313. The normalized spacial score (nSPS) is 15.4. The highest BCUT2D eigenvalue weighted by Crippen LogP contribution is 2.37. The molecular weight excluding hydrogens is 257 g/mol. The summed E-state index contributed by atoms with van der Waals surface area (Å²) >= 11 is 5.58. The van der Waals surface area contributed by atoms with Crippen molar-refractivity contribution in [2.75, 3.05) is 0 Å². The molecule has 0 aliphatic heterocycles. The molecule has 0 aromatic heterocycles. The third-order valence-electron chi connectivity index (χ3n) is 2.50. The van der Waals surface area contributed by atoms with E-state index in [1.165, 1.54) is 24.3 Å². The van der Waals surface area contributed by atoms with Crippen LogP contribution in [-0.4, -0.2) is 12.1 Å². The number of carbonyl (C=O) groups is 1. The summed E-state index contributed by atoms with van der Waals surface area (Å²) in [5.74, 6) is -5.50. The van der Waals surface area contributed by atoms with Gasteiger partial charge in [0.2, 0.25) is 0 Å². The van der Waals surface area contributed by atoms with Crippen LogP contribution >= 0.6 is 11.6 Å². The van der Waals surface area contributed by atoms with E-state index in [9.17, 15) is 23.1 Å². The van der Waals surface area contributed by atoms with E-state index in [4.69, 9.17) is 11.6 Å². The maximum Gasteiger partial charge on any atom is 0.392 e. The lowest BCUT2D eigenvalue weighted by atomic mass is 9.87. The van der Waals surface area contributed by atoms with Crippen LogP contribution < -0.4 is 5.11 Å². The van der Waals surface area contributed by atoms with Crippen LogP contribution in [0.4, 0.5) is 13.2 Å². The highest BCUT2D eigenvalue weighted by atomic mass is 35.5. The maximum atomic E-state index is 12.5. The molecule has 2 atom stereocenters. The summed E-state index contributed by atoms with van der Waals surface area (Å²) in [5, 5.41) is 11.2. The largest absolute Gasteiger partial charge is 0.549 e. The molecule has 0 bridgehead atoms. The zero-order chi connectivity index (χ0) is 13.2. The van der Waals surface area contributed by atoms with E-state index < -0.39 is 24.0 Å². The minimum absolute atomic E-state index is 0.0271. The van der Waals surface area contributed by atoms with Crippen molar-refractivity contribution in [1.82, 2.24) is 0 Å². The lowest BCUT2D eigenvalue weighted by Gasteiger charge is -2.27. The fraction of sp³-hybridized carbons (Fsp3) is 0.364. The maximum absolute atomic E-state index is 12.5.